The summed E-state index contributed by atoms with van der Waals surface area (Å²) in [6, 6.07) is 5.96. The van der Waals surface area contributed by atoms with Crippen molar-refractivity contribution in [3.05, 3.63) is 56.4 Å². The first-order valence-corrected chi connectivity index (χ1v) is 6.71. The normalized spacial score (nSPS) is 12.8. The van der Waals surface area contributed by atoms with Gasteiger partial charge in [0.25, 0.3) is 0 Å². The zero-order valence-corrected chi connectivity index (χ0v) is 12.6. The number of halogens is 1. The van der Waals surface area contributed by atoms with Crippen LogP contribution < -0.4 is 0 Å². The molecule has 0 saturated heterocycles. The Morgan fingerprint density at radius 2 is 1.67 bits per heavy atom. The van der Waals surface area contributed by atoms with Crippen LogP contribution in [0.1, 0.15) is 39.9 Å². The second-order valence-electron chi connectivity index (χ2n) is 4.73. The molecule has 1 unspecified atom stereocenters. The van der Waals surface area contributed by atoms with Gasteiger partial charge in [-0.25, -0.2) is 0 Å². The molecule has 0 saturated carbocycles. The van der Waals surface area contributed by atoms with Crippen LogP contribution in [0.15, 0.2) is 27.1 Å². The lowest BCUT2D eigenvalue weighted by molar-refractivity contribution is 0.217. The summed E-state index contributed by atoms with van der Waals surface area (Å²) in [5.74, 6) is 1.60. The van der Waals surface area contributed by atoms with Crippen molar-refractivity contribution in [2.24, 2.45) is 0 Å². The second-order valence-corrected chi connectivity index (χ2v) is 5.58. The lowest BCUT2D eigenvalue weighted by Gasteiger charge is -2.15. The summed E-state index contributed by atoms with van der Waals surface area (Å²) in [7, 11) is 0. The molecule has 18 heavy (non-hydrogen) atoms. The average molecular weight is 309 g/mol. The number of furan rings is 1. The van der Waals surface area contributed by atoms with E-state index in [4.69, 9.17) is 4.42 Å². The van der Waals surface area contributed by atoms with Crippen molar-refractivity contribution in [2.45, 2.75) is 33.8 Å². The summed E-state index contributed by atoms with van der Waals surface area (Å²) in [5.41, 5.74) is 3.96. The van der Waals surface area contributed by atoms with Gasteiger partial charge in [-0.2, -0.15) is 0 Å². The van der Waals surface area contributed by atoms with E-state index >= 15 is 0 Å². The predicted molar refractivity (Wildman–Crippen MR) is 75.9 cm³/mol. The SMILES string of the molecule is Cc1cc(C(O)c2cc(C)c(Br)cc2C)c(C)o1. The third-order valence-electron chi connectivity index (χ3n) is 3.22. The number of aliphatic hydroxyl groups is 1. The van der Waals surface area contributed by atoms with Gasteiger partial charge in [0.15, 0.2) is 0 Å². The minimum atomic E-state index is -0.630. The Bertz CT molecular complexity index is 584. The maximum absolute atomic E-state index is 10.5. The van der Waals surface area contributed by atoms with E-state index in [0.717, 1.165) is 38.2 Å². The van der Waals surface area contributed by atoms with Gasteiger partial charge in [-0.1, -0.05) is 22.0 Å². The fourth-order valence-electron chi connectivity index (χ4n) is 2.19. The predicted octanol–water partition coefficient (Wildman–Crippen LogP) is 4.36. The monoisotopic (exact) mass is 308 g/mol. The van der Waals surface area contributed by atoms with Gasteiger partial charge >= 0.3 is 0 Å². The fraction of sp³-hybridized carbons (Fsp3) is 0.333. The van der Waals surface area contributed by atoms with E-state index in [0.29, 0.717) is 0 Å². The maximum Gasteiger partial charge on any atom is 0.108 e. The summed E-state index contributed by atoms with van der Waals surface area (Å²) in [4.78, 5) is 0. The summed E-state index contributed by atoms with van der Waals surface area (Å²) in [6.07, 6.45) is -0.630. The number of rotatable bonds is 2. The molecule has 2 nitrogen and oxygen atoms in total. The van der Waals surface area contributed by atoms with E-state index in [1.807, 2.05) is 45.9 Å². The molecule has 1 aromatic heterocycles. The molecule has 0 aliphatic rings. The molecule has 0 aliphatic heterocycles. The van der Waals surface area contributed by atoms with Crippen molar-refractivity contribution >= 4 is 15.9 Å². The van der Waals surface area contributed by atoms with Gasteiger partial charge in [0.1, 0.15) is 17.6 Å². The van der Waals surface area contributed by atoms with Gasteiger partial charge < -0.3 is 9.52 Å². The van der Waals surface area contributed by atoms with Crippen LogP contribution in [-0.4, -0.2) is 5.11 Å². The molecule has 0 radical (unpaired) electrons. The Labute approximate surface area is 116 Å². The van der Waals surface area contributed by atoms with Gasteiger partial charge in [0, 0.05) is 10.0 Å². The zero-order valence-electron chi connectivity index (χ0n) is 11.0. The summed E-state index contributed by atoms with van der Waals surface area (Å²) >= 11 is 3.50. The highest BCUT2D eigenvalue weighted by Crippen LogP contribution is 2.31. The van der Waals surface area contributed by atoms with Crippen molar-refractivity contribution in [3.63, 3.8) is 0 Å². The lowest BCUT2D eigenvalue weighted by atomic mass is 9.96. The van der Waals surface area contributed by atoms with Gasteiger partial charge in [-0.3, -0.25) is 0 Å². The highest BCUT2D eigenvalue weighted by molar-refractivity contribution is 9.10. The molecule has 0 amide bonds. The smallest absolute Gasteiger partial charge is 0.108 e. The number of aryl methyl sites for hydroxylation is 4. The highest BCUT2D eigenvalue weighted by atomic mass is 79.9. The highest BCUT2D eigenvalue weighted by Gasteiger charge is 2.18. The summed E-state index contributed by atoms with van der Waals surface area (Å²) < 4.78 is 6.55. The number of benzene rings is 1. The van der Waals surface area contributed by atoms with E-state index in [1.54, 1.807) is 0 Å². The summed E-state index contributed by atoms with van der Waals surface area (Å²) in [6.45, 7) is 7.80. The molecule has 1 atom stereocenters. The van der Waals surface area contributed by atoms with Gasteiger partial charge in [-0.15, -0.1) is 0 Å². The van der Waals surface area contributed by atoms with Crippen LogP contribution in [0.25, 0.3) is 0 Å². The Morgan fingerprint density at radius 3 is 2.22 bits per heavy atom. The van der Waals surface area contributed by atoms with Crippen molar-refractivity contribution in [1.82, 2.24) is 0 Å². The first-order chi connectivity index (χ1) is 8.40. The molecule has 2 rings (SSSR count). The molecule has 96 valence electrons. The molecule has 0 spiro atoms. The van der Waals surface area contributed by atoms with Crippen LogP contribution >= 0.6 is 15.9 Å². The Balaban J connectivity index is 2.49. The third kappa shape index (κ3) is 2.38. The molecule has 1 aromatic carbocycles. The van der Waals surface area contributed by atoms with Crippen LogP contribution in [0.3, 0.4) is 0 Å². The van der Waals surface area contributed by atoms with E-state index in [-0.39, 0.29) is 0 Å². The van der Waals surface area contributed by atoms with Crippen LogP contribution in [0.2, 0.25) is 0 Å². The first-order valence-electron chi connectivity index (χ1n) is 5.91. The maximum atomic E-state index is 10.5. The fourth-order valence-corrected chi connectivity index (χ4v) is 2.65. The second kappa shape index (κ2) is 4.90. The Kier molecular flexibility index (Phi) is 3.64. The van der Waals surface area contributed by atoms with Crippen molar-refractivity contribution < 1.29 is 9.52 Å². The molecule has 0 aliphatic carbocycles. The van der Waals surface area contributed by atoms with Crippen LogP contribution in [0, 0.1) is 27.7 Å². The van der Waals surface area contributed by atoms with Crippen LogP contribution in [-0.2, 0) is 0 Å². The molecule has 0 fully saturated rings. The Hall–Kier alpha value is -1.06. The minimum Gasteiger partial charge on any atom is -0.466 e. The largest absolute Gasteiger partial charge is 0.466 e. The molecule has 3 heteroatoms. The topological polar surface area (TPSA) is 33.4 Å². The molecule has 2 aromatic rings. The van der Waals surface area contributed by atoms with Crippen LogP contribution in [0.4, 0.5) is 0 Å². The van der Waals surface area contributed by atoms with E-state index in [2.05, 4.69) is 15.9 Å². The average Bonchev–Trinajstić information content (AvgIpc) is 2.62. The number of hydrogen-bond donors (Lipinski definition) is 1. The zero-order chi connectivity index (χ0) is 13.4. The molecule has 1 N–H and O–H groups in total. The molecular formula is C15H17BrO2. The molecular weight excluding hydrogens is 292 g/mol. The lowest BCUT2D eigenvalue weighted by Crippen LogP contribution is -2.03. The minimum absolute atomic E-state index is 0.630. The third-order valence-corrected chi connectivity index (χ3v) is 4.07. The van der Waals surface area contributed by atoms with Gasteiger partial charge in [0.05, 0.1) is 0 Å². The van der Waals surface area contributed by atoms with E-state index in [1.165, 1.54) is 0 Å². The number of hydrogen-bond acceptors (Lipinski definition) is 2. The Morgan fingerprint density at radius 1 is 1.00 bits per heavy atom. The quantitative estimate of drug-likeness (QED) is 0.894. The van der Waals surface area contributed by atoms with Crippen LogP contribution in [0.5, 0.6) is 0 Å². The first kappa shape index (κ1) is 13.4. The van der Waals surface area contributed by atoms with Crippen molar-refractivity contribution in [2.75, 3.05) is 0 Å². The van der Waals surface area contributed by atoms with Crippen molar-refractivity contribution in [1.29, 1.82) is 0 Å². The van der Waals surface area contributed by atoms with E-state index < -0.39 is 6.10 Å². The molecule has 1 heterocycles. The van der Waals surface area contributed by atoms with E-state index in [9.17, 15) is 5.11 Å². The number of aliphatic hydroxyl groups excluding tert-OH is 1. The summed E-state index contributed by atoms with van der Waals surface area (Å²) in [5, 5.41) is 10.5. The van der Waals surface area contributed by atoms with Gasteiger partial charge in [-0.05, 0) is 56.5 Å². The van der Waals surface area contributed by atoms with Crippen molar-refractivity contribution in [3.8, 4) is 0 Å². The standard InChI is InChI=1S/C15H17BrO2/c1-8-6-14(16)9(2)5-12(8)15(17)13-7-10(3)18-11(13)4/h5-7,15,17H,1-4H3. The van der Waals surface area contributed by atoms with Gasteiger partial charge in [0.2, 0.25) is 0 Å². The molecule has 0 bridgehead atoms.